The quantitative estimate of drug-likeness (QED) is 0.687. The van der Waals surface area contributed by atoms with Crippen molar-refractivity contribution < 1.29 is 14.6 Å². The number of carboxylic acid groups (broad SMARTS) is 1. The molecule has 4 heteroatoms. The van der Waals surface area contributed by atoms with Gasteiger partial charge in [0, 0.05) is 26.6 Å². The van der Waals surface area contributed by atoms with Crippen molar-refractivity contribution in [1.82, 2.24) is 4.90 Å². The van der Waals surface area contributed by atoms with Crippen LogP contribution in [0.4, 0.5) is 4.79 Å². The Morgan fingerprint density at radius 3 is 2.27 bits per heavy atom. The van der Waals surface area contributed by atoms with Crippen LogP contribution >= 0.6 is 0 Å². The summed E-state index contributed by atoms with van der Waals surface area (Å²) in [6, 6.07) is 24.4. The lowest BCUT2D eigenvalue weighted by Gasteiger charge is -2.30. The van der Waals surface area contributed by atoms with Gasteiger partial charge in [0.2, 0.25) is 0 Å². The molecular formula is C22H23NO3. The van der Waals surface area contributed by atoms with Crippen LogP contribution in [0.15, 0.2) is 72.8 Å². The van der Waals surface area contributed by atoms with Crippen molar-refractivity contribution in [1.29, 1.82) is 0 Å². The predicted molar refractivity (Wildman–Crippen MR) is 104 cm³/mol. The molecular weight excluding hydrogens is 326 g/mol. The van der Waals surface area contributed by atoms with Crippen LogP contribution in [0.3, 0.4) is 0 Å². The number of rotatable bonds is 6. The molecule has 0 radical (unpaired) electrons. The van der Waals surface area contributed by atoms with Crippen LogP contribution in [0.5, 0.6) is 0 Å². The summed E-state index contributed by atoms with van der Waals surface area (Å²) in [7, 11) is 3.26. The van der Waals surface area contributed by atoms with Crippen LogP contribution in [0.25, 0.3) is 10.8 Å². The van der Waals surface area contributed by atoms with E-state index in [1.54, 1.807) is 14.2 Å². The number of carbonyl (C=O) groups is 1. The maximum absolute atomic E-state index is 11.4. The molecule has 0 saturated heterocycles. The van der Waals surface area contributed by atoms with Crippen molar-refractivity contribution in [2.45, 2.75) is 12.0 Å². The topological polar surface area (TPSA) is 49.8 Å². The van der Waals surface area contributed by atoms with E-state index in [1.165, 1.54) is 4.90 Å². The number of hydrogen-bond donors (Lipinski definition) is 1. The third kappa shape index (κ3) is 3.86. The number of ether oxygens (including phenoxy) is 1. The van der Waals surface area contributed by atoms with Crippen LogP contribution in [0.2, 0.25) is 0 Å². The van der Waals surface area contributed by atoms with Crippen molar-refractivity contribution in [3.63, 3.8) is 0 Å². The highest BCUT2D eigenvalue weighted by molar-refractivity contribution is 5.83. The number of nitrogens with zero attached hydrogens (tertiary/aromatic N) is 1. The average molecular weight is 349 g/mol. The van der Waals surface area contributed by atoms with Crippen molar-refractivity contribution >= 4 is 16.9 Å². The molecule has 0 heterocycles. The summed E-state index contributed by atoms with van der Waals surface area (Å²) >= 11 is 0. The lowest BCUT2D eigenvalue weighted by atomic mass is 9.87. The minimum absolute atomic E-state index is 0.117. The Labute approximate surface area is 153 Å². The minimum Gasteiger partial charge on any atom is -0.465 e. The summed E-state index contributed by atoms with van der Waals surface area (Å²) in [5.41, 5.74) is 2.10. The molecule has 1 amide bonds. The molecule has 0 aliphatic rings. The fraction of sp³-hybridized carbons (Fsp3) is 0.227. The first kappa shape index (κ1) is 18.0. The van der Waals surface area contributed by atoms with Gasteiger partial charge < -0.3 is 14.7 Å². The highest BCUT2D eigenvalue weighted by Crippen LogP contribution is 2.35. The molecule has 0 bridgehead atoms. The van der Waals surface area contributed by atoms with Gasteiger partial charge in [-0.15, -0.1) is 0 Å². The van der Waals surface area contributed by atoms with E-state index in [-0.39, 0.29) is 12.0 Å². The van der Waals surface area contributed by atoms with Gasteiger partial charge in [0.25, 0.3) is 0 Å². The highest BCUT2D eigenvalue weighted by atomic mass is 16.5. The molecule has 26 heavy (non-hydrogen) atoms. The normalized spacial score (nSPS) is 13.3. The average Bonchev–Trinajstić information content (AvgIpc) is 2.68. The zero-order valence-electron chi connectivity index (χ0n) is 15.0. The summed E-state index contributed by atoms with van der Waals surface area (Å²) in [4.78, 5) is 12.7. The second-order valence-electron chi connectivity index (χ2n) is 6.44. The Morgan fingerprint density at radius 2 is 1.62 bits per heavy atom. The van der Waals surface area contributed by atoms with E-state index in [0.717, 1.165) is 21.9 Å². The summed E-state index contributed by atoms with van der Waals surface area (Å²) in [6.45, 7) is 0.348. The van der Waals surface area contributed by atoms with Crippen LogP contribution < -0.4 is 0 Å². The molecule has 0 spiro atoms. The number of likely N-dealkylation sites (N-methyl/N-ethyl adjacent to an activating group) is 1. The molecule has 0 saturated carbocycles. The third-order valence-corrected chi connectivity index (χ3v) is 4.75. The van der Waals surface area contributed by atoms with E-state index in [0.29, 0.717) is 6.54 Å². The van der Waals surface area contributed by atoms with Crippen LogP contribution in [-0.4, -0.2) is 36.8 Å². The second kappa shape index (κ2) is 8.02. The number of fused-ring (bicyclic) bond motifs is 1. The zero-order chi connectivity index (χ0) is 18.5. The van der Waals surface area contributed by atoms with Crippen LogP contribution in [0, 0.1) is 0 Å². The molecule has 0 aliphatic carbocycles. The number of amides is 1. The molecule has 0 fully saturated rings. The molecule has 0 aliphatic heterocycles. The Morgan fingerprint density at radius 1 is 0.962 bits per heavy atom. The highest BCUT2D eigenvalue weighted by Gasteiger charge is 2.27. The van der Waals surface area contributed by atoms with E-state index in [2.05, 4.69) is 30.3 Å². The van der Waals surface area contributed by atoms with Gasteiger partial charge in [-0.2, -0.15) is 0 Å². The molecule has 1 N–H and O–H groups in total. The molecule has 2 atom stereocenters. The Balaban J connectivity index is 2.04. The van der Waals surface area contributed by atoms with E-state index >= 15 is 0 Å². The summed E-state index contributed by atoms with van der Waals surface area (Å²) in [5.74, 6) is -0.117. The van der Waals surface area contributed by atoms with Crippen molar-refractivity contribution in [2.24, 2.45) is 0 Å². The fourth-order valence-corrected chi connectivity index (χ4v) is 3.36. The molecule has 134 valence electrons. The lowest BCUT2D eigenvalue weighted by molar-refractivity contribution is 0.0661. The largest absolute Gasteiger partial charge is 0.465 e. The molecule has 3 aromatic rings. The van der Waals surface area contributed by atoms with Gasteiger partial charge in [-0.25, -0.2) is 4.79 Å². The van der Waals surface area contributed by atoms with E-state index in [1.807, 2.05) is 42.5 Å². The first-order chi connectivity index (χ1) is 12.6. The van der Waals surface area contributed by atoms with Crippen molar-refractivity contribution in [2.75, 3.05) is 20.7 Å². The first-order valence-electron chi connectivity index (χ1n) is 8.60. The summed E-state index contributed by atoms with van der Waals surface area (Å²) in [5, 5.41) is 11.7. The monoisotopic (exact) mass is 349 g/mol. The van der Waals surface area contributed by atoms with Gasteiger partial charge in [-0.1, -0.05) is 72.8 Å². The number of benzene rings is 3. The van der Waals surface area contributed by atoms with Crippen LogP contribution in [0.1, 0.15) is 23.1 Å². The smallest absolute Gasteiger partial charge is 0.407 e. The summed E-state index contributed by atoms with van der Waals surface area (Å²) < 4.78 is 5.83. The van der Waals surface area contributed by atoms with Gasteiger partial charge in [-0.3, -0.25) is 0 Å². The second-order valence-corrected chi connectivity index (χ2v) is 6.44. The van der Waals surface area contributed by atoms with E-state index in [9.17, 15) is 9.90 Å². The van der Waals surface area contributed by atoms with Gasteiger partial charge in [-0.05, 0) is 21.9 Å². The van der Waals surface area contributed by atoms with Gasteiger partial charge in [0.05, 0.1) is 6.10 Å². The van der Waals surface area contributed by atoms with Gasteiger partial charge >= 0.3 is 6.09 Å². The van der Waals surface area contributed by atoms with Gasteiger partial charge in [0.15, 0.2) is 0 Å². The Kier molecular flexibility index (Phi) is 5.54. The lowest BCUT2D eigenvalue weighted by Crippen LogP contribution is -2.32. The summed E-state index contributed by atoms with van der Waals surface area (Å²) in [6.07, 6.45) is -1.18. The molecule has 3 rings (SSSR count). The Bertz CT molecular complexity index is 879. The Hall–Kier alpha value is -2.85. The molecule has 0 unspecified atom stereocenters. The van der Waals surface area contributed by atoms with Gasteiger partial charge in [0.1, 0.15) is 0 Å². The maximum atomic E-state index is 11.4. The van der Waals surface area contributed by atoms with Crippen LogP contribution in [-0.2, 0) is 4.74 Å². The standard InChI is InChI=1S/C22H23NO3/c1-23(22(24)25)15-20(21(26-2)17-9-4-3-5-10-17)19-13-12-16-8-6-7-11-18(16)14-19/h3-14,20-21H,15H2,1-2H3,(H,24,25)/t20-,21+/m0/s1. The minimum atomic E-state index is -0.946. The molecule has 4 nitrogen and oxygen atoms in total. The van der Waals surface area contributed by atoms with E-state index < -0.39 is 6.09 Å². The molecule has 0 aromatic heterocycles. The SMILES string of the molecule is CO[C@H](c1ccccc1)[C@@H](CN(C)C(=O)O)c1ccc2ccccc2c1. The van der Waals surface area contributed by atoms with Crippen molar-refractivity contribution in [3.8, 4) is 0 Å². The number of hydrogen-bond acceptors (Lipinski definition) is 2. The maximum Gasteiger partial charge on any atom is 0.407 e. The predicted octanol–water partition coefficient (Wildman–Crippen LogP) is 4.92. The van der Waals surface area contributed by atoms with E-state index in [4.69, 9.17) is 4.74 Å². The molecule has 3 aromatic carbocycles. The van der Waals surface area contributed by atoms with Crippen molar-refractivity contribution in [3.05, 3.63) is 83.9 Å². The first-order valence-corrected chi connectivity index (χ1v) is 8.60. The number of methoxy groups -OCH3 is 1. The zero-order valence-corrected chi connectivity index (χ0v) is 15.0. The third-order valence-electron chi connectivity index (χ3n) is 4.75. The fourth-order valence-electron chi connectivity index (χ4n) is 3.36.